The number of phenolic OH excluding ortho intramolecular Hbond substituents is 1. The van der Waals surface area contributed by atoms with E-state index >= 15 is 33.6 Å². The molecule has 0 aliphatic carbocycles. The van der Waals surface area contributed by atoms with Crippen molar-refractivity contribution in [3.05, 3.63) is 102 Å². The lowest BCUT2D eigenvalue weighted by atomic mass is 9.99. The molecule has 3 aromatic carbocycles. The van der Waals surface area contributed by atoms with Gasteiger partial charge in [-0.15, -0.1) is 11.8 Å². The molecule has 15 atom stereocenters. The first kappa shape index (κ1) is 107. The quantitative estimate of drug-likeness (QED) is 0.0234. The van der Waals surface area contributed by atoms with Gasteiger partial charge >= 0.3 is 17.9 Å². The number of phenols is 1. The minimum atomic E-state index is -2.07. The number of likely N-dealkylation sites (N-methyl/N-ethyl adjacent to an activating group) is 3. The van der Waals surface area contributed by atoms with Crippen LogP contribution in [0.2, 0.25) is 0 Å². The normalized spacial score (nSPS) is 24.7. The molecule has 5 aromatic rings. The lowest BCUT2D eigenvalue weighted by molar-refractivity contribution is -0.149. The predicted molar refractivity (Wildman–Crippen MR) is 485 cm³/mol. The fraction of sp³-hybridized carbons (Fsp3) is 0.523. The number of benzene rings is 3. The molecule has 0 radical (unpaired) electrons. The number of aromatic nitrogens is 2. The van der Waals surface area contributed by atoms with Gasteiger partial charge in [-0.25, -0.2) is 0 Å². The van der Waals surface area contributed by atoms with Crippen LogP contribution in [0.5, 0.6) is 5.75 Å². The van der Waals surface area contributed by atoms with Gasteiger partial charge in [-0.05, 0) is 92.9 Å². The van der Waals surface area contributed by atoms with E-state index in [1.54, 1.807) is 68.6 Å². The molecule has 3 fully saturated rings. The van der Waals surface area contributed by atoms with Crippen LogP contribution in [0.25, 0.3) is 21.8 Å². The zero-order valence-electron chi connectivity index (χ0n) is 75.7. The number of aromatic hydroxyl groups is 1. The SMILES string of the molecule is CCCC[C@H]1C(=O)N(C)[C@@H](CCCC)C(=O)N[C@@H](CC(=O)O)C(=O)N[C@H](C(=O)NCC(N)=O)CSCC(=O)N[C@@H](Cc2ccc(O)cc2)C(=O)N(C)[C@@H](C)C(=O)N[C@@H](CC(=O)O)C(=O)N2CCCC2C(=O)N[C@@H](CN)C(=O)N[C@@H](CCC(N)=O)C(=O)N2C[C@H](O)C[C@H]2C(=O)N[C@@H](Cc2c[nH]c3ccccc23)C(=O)N[C@@H](CCN)C(=O)N[C@@H](Cc2cn(CC(=O)O)c3ccccc23)C(=O)N1C. The number of nitrogens with two attached hydrogens (primary N) is 4. The third kappa shape index (κ3) is 29.6. The van der Waals surface area contributed by atoms with Gasteiger partial charge in [0.2, 0.25) is 100 Å². The van der Waals surface area contributed by atoms with Crippen molar-refractivity contribution in [3.8, 4) is 5.75 Å². The summed E-state index contributed by atoms with van der Waals surface area (Å²) in [5.74, 6) is -24.1. The molecule has 0 spiro atoms. The minimum Gasteiger partial charge on any atom is -0.508 e. The van der Waals surface area contributed by atoms with Gasteiger partial charge in [-0.3, -0.25) is 95.9 Å². The number of carbonyl (C=O) groups excluding carboxylic acids is 17. The highest BCUT2D eigenvalue weighted by Gasteiger charge is 2.47. The second-order valence-electron chi connectivity index (χ2n) is 33.6. The largest absolute Gasteiger partial charge is 0.508 e. The van der Waals surface area contributed by atoms with Crippen molar-refractivity contribution < 1.29 is 121 Å². The summed E-state index contributed by atoms with van der Waals surface area (Å²) in [6.07, 6.45) is -2.97. The number of amides is 17. The highest BCUT2D eigenvalue weighted by atomic mass is 32.2. The van der Waals surface area contributed by atoms with Gasteiger partial charge in [0.05, 0.1) is 31.2 Å². The Labute approximate surface area is 780 Å². The number of unbranched alkanes of at least 4 members (excludes halogenated alkanes) is 2. The number of fused-ring (bicyclic) bond motifs is 4. The van der Waals surface area contributed by atoms with Crippen molar-refractivity contribution in [1.82, 2.24) is 87.2 Å². The maximum atomic E-state index is 15.9. The van der Waals surface area contributed by atoms with Crippen LogP contribution in [0.3, 0.4) is 0 Å². The molecule has 3 aliphatic heterocycles. The number of carboxylic acids is 3. The average molecular weight is 1910 g/mol. The fourth-order valence-electron chi connectivity index (χ4n) is 16.3. The number of aliphatic hydroxyl groups excluding tert-OH is 1. The van der Waals surface area contributed by atoms with Gasteiger partial charge in [0, 0.05) is 113 Å². The summed E-state index contributed by atoms with van der Waals surface area (Å²) < 4.78 is 1.39. The van der Waals surface area contributed by atoms with Crippen LogP contribution in [0.15, 0.2) is 85.2 Å². The number of nitrogens with zero attached hydrogens (tertiary/aromatic N) is 6. The number of carbonyl (C=O) groups is 20. The van der Waals surface area contributed by atoms with E-state index in [0.29, 0.717) is 63.1 Å². The van der Waals surface area contributed by atoms with Crippen molar-refractivity contribution in [1.29, 1.82) is 0 Å². The molecule has 0 saturated carbocycles. The fourth-order valence-corrected chi connectivity index (χ4v) is 17.2. The summed E-state index contributed by atoms with van der Waals surface area (Å²) in [4.78, 5) is 293. The van der Waals surface area contributed by atoms with E-state index < -0.39 is 285 Å². The van der Waals surface area contributed by atoms with Crippen LogP contribution in [0.1, 0.15) is 127 Å². The standard InChI is InChI=1S/C88H121N21O25S/c1-7-9-19-65-81(127)99-58(36-72(115)116)79(125)103-63(76(122)94-40-70(92)113)44-135-45-71(114)95-59(32-47-23-25-50(110)26-24-47)84(130)104(4)46(3)75(121)100-61(37-73(117)118)87(133)108-31-15-22-66(108)82(128)102-62(38-90)80(126)97-56(27-28-69(91)112)86(132)109-42-51(111)35-68(109)83(129)98-57(33-48-39-93-54-18-13-11-16-52(48)54)78(124)96-55(29-30-89)77(123)101-60(85(131)106(6)67(20-10-8-2)88(134)105(65)5)34-49-41-107(43-74(119)120)64-21-14-12-17-53(49)64/h11-14,16-18,21,23-26,39,41,46,51,55-63,65-68,93,110-111H,7-10,15,19-20,22,27-38,40,42-45,89-90H2,1-6H3,(H2,91,112)(H2,92,113)(H,94,122)(H,95,114)(H,96,124)(H,97,126)(H,98,129)(H,99,127)(H,100,121)(H,101,123)(H,102,128)(H,103,125)(H,115,116)(H,117,118)(H,119,120)/t46-,51+,55-,56-,57-,58-,59-,60-,61-,62-,63-,65-,66?,67-,68-/m0/s1. The number of carboxylic acid groups (broad SMARTS) is 3. The van der Waals surface area contributed by atoms with Crippen molar-refractivity contribution in [2.75, 3.05) is 65.4 Å². The summed E-state index contributed by atoms with van der Waals surface area (Å²) in [6.45, 7) is 1.48. The summed E-state index contributed by atoms with van der Waals surface area (Å²) >= 11 is 0.646. The van der Waals surface area contributed by atoms with E-state index in [1.165, 1.54) is 56.0 Å². The predicted octanol–water partition coefficient (Wildman–Crippen LogP) is -4.99. The van der Waals surface area contributed by atoms with E-state index in [1.807, 2.05) is 0 Å². The molecule has 8 rings (SSSR count). The first-order chi connectivity index (χ1) is 64.1. The van der Waals surface area contributed by atoms with Crippen LogP contribution >= 0.6 is 11.8 Å². The molecule has 3 saturated heterocycles. The van der Waals surface area contributed by atoms with E-state index in [-0.39, 0.29) is 76.6 Å². The molecule has 46 nitrogen and oxygen atoms in total. The summed E-state index contributed by atoms with van der Waals surface area (Å²) in [5, 5.41) is 78.0. The van der Waals surface area contributed by atoms with E-state index in [2.05, 4.69) is 58.2 Å². The Hall–Kier alpha value is -13.8. The van der Waals surface area contributed by atoms with Crippen molar-refractivity contribution >= 4 is 152 Å². The zero-order valence-corrected chi connectivity index (χ0v) is 76.5. The first-order valence-corrected chi connectivity index (χ1v) is 45.4. The Balaban J connectivity index is 1.21. The molecule has 17 amide bonds. The molecular formula is C88H121N21O25S. The molecule has 734 valence electrons. The second kappa shape index (κ2) is 50.3. The number of H-pyrrole nitrogens is 1. The van der Waals surface area contributed by atoms with Crippen molar-refractivity contribution in [2.24, 2.45) is 22.9 Å². The van der Waals surface area contributed by atoms with Gasteiger partial charge < -0.3 is 136 Å². The molecule has 2 aromatic heterocycles. The number of hydrogen-bond donors (Lipinski definition) is 20. The number of rotatable bonds is 27. The Morgan fingerprint density at radius 3 is 1.71 bits per heavy atom. The molecule has 47 heteroatoms. The minimum absolute atomic E-state index is 0.0947. The van der Waals surface area contributed by atoms with Crippen LogP contribution in [-0.2, 0) is 122 Å². The third-order valence-corrected chi connectivity index (χ3v) is 24.7. The number of primary amides is 2. The number of para-hydroxylation sites is 2. The Kier molecular flexibility index (Phi) is 39.7. The van der Waals surface area contributed by atoms with E-state index in [9.17, 15) is 87.9 Å². The Bertz CT molecular complexity index is 5190. The molecule has 3 aliphatic rings. The molecule has 1 unspecified atom stereocenters. The molecular weight excluding hydrogens is 1780 g/mol. The third-order valence-electron chi connectivity index (χ3n) is 23.7. The number of hydrogen-bond acceptors (Lipinski definition) is 25. The monoisotopic (exact) mass is 1900 g/mol. The lowest BCUT2D eigenvalue weighted by Gasteiger charge is -2.36. The topological polar surface area (TPSA) is 704 Å². The van der Waals surface area contributed by atoms with Gasteiger partial charge in [0.1, 0.15) is 96.9 Å². The maximum absolute atomic E-state index is 15.9. The van der Waals surface area contributed by atoms with E-state index in [4.69, 9.17) is 22.9 Å². The zero-order chi connectivity index (χ0) is 99.4. The Morgan fingerprint density at radius 2 is 1.07 bits per heavy atom. The number of aromatic amines is 1. The van der Waals surface area contributed by atoms with Gasteiger partial charge in [-0.2, -0.15) is 0 Å². The van der Waals surface area contributed by atoms with Crippen LogP contribution in [-0.4, -0.2) is 334 Å². The molecule has 5 heterocycles. The van der Waals surface area contributed by atoms with Crippen molar-refractivity contribution in [2.45, 2.75) is 227 Å². The second-order valence-corrected chi connectivity index (χ2v) is 34.6. The number of aliphatic hydroxyl groups is 1. The highest BCUT2D eigenvalue weighted by molar-refractivity contribution is 8.00. The van der Waals surface area contributed by atoms with Gasteiger partial charge in [0.25, 0.3) is 0 Å². The maximum Gasteiger partial charge on any atom is 0.323 e. The lowest BCUT2D eigenvalue weighted by Crippen LogP contribution is -2.61. The van der Waals surface area contributed by atoms with E-state index in [0.717, 1.165) is 31.5 Å². The number of aliphatic carboxylic acids is 3. The van der Waals surface area contributed by atoms with Crippen LogP contribution in [0, 0.1) is 0 Å². The first-order valence-electron chi connectivity index (χ1n) is 44.3. The van der Waals surface area contributed by atoms with Crippen LogP contribution in [0.4, 0.5) is 0 Å². The van der Waals surface area contributed by atoms with Crippen LogP contribution < -0.4 is 76.1 Å². The average Bonchev–Trinajstić information content (AvgIpc) is 1.55. The summed E-state index contributed by atoms with van der Waals surface area (Å²) in [7, 11) is 3.62. The summed E-state index contributed by atoms with van der Waals surface area (Å²) in [5.41, 5.74) is 25.3. The molecule has 135 heavy (non-hydrogen) atoms. The summed E-state index contributed by atoms with van der Waals surface area (Å²) in [6, 6.07) is -5.26. The van der Waals surface area contributed by atoms with Gasteiger partial charge in [-0.1, -0.05) is 88.1 Å². The molecule has 0 bridgehead atoms. The van der Waals surface area contributed by atoms with Crippen molar-refractivity contribution in [3.63, 3.8) is 0 Å². The highest BCUT2D eigenvalue weighted by Crippen LogP contribution is 2.29. The number of thioether (sulfide) groups is 1. The Morgan fingerprint density at radius 1 is 0.519 bits per heavy atom. The smallest absolute Gasteiger partial charge is 0.323 e. The van der Waals surface area contributed by atoms with Gasteiger partial charge in [0.15, 0.2) is 0 Å². The molecule has 24 N–H and O–H groups in total. The number of nitrogens with one attached hydrogen (secondary N) is 11.